The van der Waals surface area contributed by atoms with E-state index in [-0.39, 0.29) is 5.50 Å². The van der Waals surface area contributed by atoms with Crippen molar-refractivity contribution in [2.24, 2.45) is 17.8 Å². The highest BCUT2D eigenvalue weighted by atomic mass is 16.5. The van der Waals surface area contributed by atoms with Gasteiger partial charge in [-0.1, -0.05) is 52.4 Å². The standard InChI is InChI=1S/C15H31BO/c1-12-7-5-9-14(10-6-8-12)11-13(2)15(3,16)17-4/h12-14H,5-11,16H2,1-4H3. The molecule has 2 unspecified atom stereocenters. The third-order valence-electron chi connectivity index (χ3n) is 5.02. The first-order valence-electron chi connectivity index (χ1n) is 7.51. The molecule has 0 heterocycles. The molecule has 0 aromatic carbocycles. The molecule has 17 heavy (non-hydrogen) atoms. The van der Waals surface area contributed by atoms with E-state index in [9.17, 15) is 0 Å². The second-order valence-corrected chi connectivity index (χ2v) is 6.78. The molecule has 0 amide bonds. The summed E-state index contributed by atoms with van der Waals surface area (Å²) in [5.41, 5.74) is 0.0374. The fourth-order valence-electron chi connectivity index (χ4n) is 3.02. The minimum Gasteiger partial charge on any atom is -0.387 e. The van der Waals surface area contributed by atoms with E-state index in [1.54, 1.807) is 0 Å². The molecule has 1 saturated carbocycles. The van der Waals surface area contributed by atoms with Gasteiger partial charge in [-0.15, -0.1) is 0 Å². The fraction of sp³-hybridized carbons (Fsp3) is 1.00. The van der Waals surface area contributed by atoms with Gasteiger partial charge in [-0.2, -0.15) is 0 Å². The Bertz CT molecular complexity index is 205. The molecule has 1 aliphatic rings. The summed E-state index contributed by atoms with van der Waals surface area (Å²) in [7, 11) is 4.07. The minimum absolute atomic E-state index is 0.0374. The molecule has 1 nitrogen and oxygen atoms in total. The highest BCUT2D eigenvalue weighted by Gasteiger charge is 2.27. The largest absolute Gasteiger partial charge is 0.387 e. The average Bonchev–Trinajstić information content (AvgIpc) is 2.25. The summed E-state index contributed by atoms with van der Waals surface area (Å²) >= 11 is 0. The van der Waals surface area contributed by atoms with Crippen molar-refractivity contribution < 1.29 is 4.74 Å². The maximum Gasteiger partial charge on any atom is 0.143 e. The lowest BCUT2D eigenvalue weighted by molar-refractivity contribution is 0.0231. The van der Waals surface area contributed by atoms with Crippen molar-refractivity contribution in [2.75, 3.05) is 7.11 Å². The third kappa shape index (κ3) is 5.03. The number of ether oxygens (including phenoxy) is 1. The molecule has 0 aliphatic heterocycles. The highest BCUT2D eigenvalue weighted by Crippen LogP contribution is 2.32. The van der Waals surface area contributed by atoms with Crippen molar-refractivity contribution in [2.45, 2.75) is 71.2 Å². The topological polar surface area (TPSA) is 9.23 Å². The Hall–Kier alpha value is 0.0249. The van der Waals surface area contributed by atoms with Crippen molar-refractivity contribution in [3.63, 3.8) is 0 Å². The molecule has 0 bridgehead atoms. The van der Waals surface area contributed by atoms with Gasteiger partial charge >= 0.3 is 0 Å². The molecule has 0 radical (unpaired) electrons. The molecule has 0 N–H and O–H groups in total. The number of rotatable bonds is 4. The molecule has 2 atom stereocenters. The Balaban J connectivity index is 2.40. The quantitative estimate of drug-likeness (QED) is 0.680. The van der Waals surface area contributed by atoms with Crippen LogP contribution in [0.25, 0.3) is 0 Å². The van der Waals surface area contributed by atoms with Crippen LogP contribution in [0.2, 0.25) is 0 Å². The second-order valence-electron chi connectivity index (χ2n) is 6.78. The zero-order valence-electron chi connectivity index (χ0n) is 12.6. The molecule has 1 aliphatic carbocycles. The van der Waals surface area contributed by atoms with E-state index in [0.29, 0.717) is 5.92 Å². The van der Waals surface area contributed by atoms with Crippen LogP contribution < -0.4 is 0 Å². The Morgan fingerprint density at radius 3 is 2.24 bits per heavy atom. The molecule has 1 rings (SSSR count). The van der Waals surface area contributed by atoms with Gasteiger partial charge in [-0.25, -0.2) is 0 Å². The van der Waals surface area contributed by atoms with Crippen LogP contribution in [0.15, 0.2) is 0 Å². The van der Waals surface area contributed by atoms with Crippen LogP contribution in [-0.2, 0) is 4.74 Å². The molecular formula is C15H31BO. The molecule has 2 heteroatoms. The van der Waals surface area contributed by atoms with E-state index >= 15 is 0 Å². The van der Waals surface area contributed by atoms with Crippen LogP contribution in [-0.4, -0.2) is 20.5 Å². The summed E-state index contributed by atoms with van der Waals surface area (Å²) in [6.07, 6.45) is 9.98. The van der Waals surface area contributed by atoms with Crippen LogP contribution in [0, 0.1) is 17.8 Å². The van der Waals surface area contributed by atoms with Crippen LogP contribution in [0.1, 0.15) is 65.7 Å². The van der Waals surface area contributed by atoms with Crippen molar-refractivity contribution >= 4 is 7.85 Å². The Morgan fingerprint density at radius 2 is 1.76 bits per heavy atom. The Morgan fingerprint density at radius 1 is 1.24 bits per heavy atom. The zero-order valence-corrected chi connectivity index (χ0v) is 12.6. The lowest BCUT2D eigenvalue weighted by Gasteiger charge is -2.34. The molecule has 0 spiro atoms. The highest BCUT2D eigenvalue weighted by molar-refractivity contribution is 6.14. The van der Waals surface area contributed by atoms with Gasteiger partial charge in [0.05, 0.1) is 0 Å². The molecule has 0 aromatic rings. The van der Waals surface area contributed by atoms with Crippen LogP contribution in [0.5, 0.6) is 0 Å². The van der Waals surface area contributed by atoms with Gasteiger partial charge in [-0.3, -0.25) is 0 Å². The monoisotopic (exact) mass is 238 g/mol. The van der Waals surface area contributed by atoms with E-state index in [1.807, 2.05) is 7.11 Å². The van der Waals surface area contributed by atoms with Gasteiger partial charge < -0.3 is 4.74 Å². The lowest BCUT2D eigenvalue weighted by Crippen LogP contribution is -2.36. The van der Waals surface area contributed by atoms with Gasteiger partial charge in [0.2, 0.25) is 0 Å². The molecule has 1 fully saturated rings. The van der Waals surface area contributed by atoms with Crippen LogP contribution in [0.3, 0.4) is 0 Å². The van der Waals surface area contributed by atoms with Crippen LogP contribution in [0.4, 0.5) is 0 Å². The first-order valence-corrected chi connectivity index (χ1v) is 7.51. The third-order valence-corrected chi connectivity index (χ3v) is 5.02. The number of hydrogen-bond acceptors (Lipinski definition) is 1. The smallest absolute Gasteiger partial charge is 0.143 e. The Kier molecular flexibility index (Phi) is 6.05. The van der Waals surface area contributed by atoms with Crippen molar-refractivity contribution in [3.8, 4) is 0 Å². The normalized spacial score (nSPS) is 32.2. The first-order chi connectivity index (χ1) is 7.95. The van der Waals surface area contributed by atoms with Crippen LogP contribution >= 0.6 is 0 Å². The van der Waals surface area contributed by atoms with E-state index in [0.717, 1.165) is 11.8 Å². The van der Waals surface area contributed by atoms with Crippen molar-refractivity contribution in [1.29, 1.82) is 0 Å². The van der Waals surface area contributed by atoms with Crippen molar-refractivity contribution in [1.82, 2.24) is 0 Å². The van der Waals surface area contributed by atoms with E-state index < -0.39 is 0 Å². The summed E-state index contributed by atoms with van der Waals surface area (Å²) in [4.78, 5) is 0. The molecular weight excluding hydrogens is 207 g/mol. The number of methoxy groups -OCH3 is 1. The predicted octanol–water partition coefficient (Wildman–Crippen LogP) is 3.61. The maximum absolute atomic E-state index is 5.61. The van der Waals surface area contributed by atoms with Gasteiger partial charge in [0.15, 0.2) is 0 Å². The van der Waals surface area contributed by atoms with Gasteiger partial charge in [-0.05, 0) is 31.1 Å². The summed E-state index contributed by atoms with van der Waals surface area (Å²) in [6.45, 7) is 6.99. The van der Waals surface area contributed by atoms with Gasteiger partial charge in [0.1, 0.15) is 7.85 Å². The van der Waals surface area contributed by atoms with E-state index in [4.69, 9.17) is 4.74 Å². The van der Waals surface area contributed by atoms with E-state index in [1.165, 1.54) is 44.9 Å². The summed E-state index contributed by atoms with van der Waals surface area (Å²) in [5.74, 6) is 2.56. The van der Waals surface area contributed by atoms with Crippen molar-refractivity contribution in [3.05, 3.63) is 0 Å². The summed E-state index contributed by atoms with van der Waals surface area (Å²) < 4.78 is 5.61. The maximum atomic E-state index is 5.61. The SMILES string of the molecule is BC(C)(OC)C(C)CC1CCCC(C)CCC1. The fourth-order valence-corrected chi connectivity index (χ4v) is 3.02. The van der Waals surface area contributed by atoms with Gasteiger partial charge in [0, 0.05) is 12.6 Å². The average molecular weight is 238 g/mol. The first kappa shape index (κ1) is 15.1. The molecule has 0 saturated heterocycles. The Labute approximate surface area is 109 Å². The van der Waals surface area contributed by atoms with E-state index in [2.05, 4.69) is 28.6 Å². The lowest BCUT2D eigenvalue weighted by atomic mass is 9.69. The number of hydrogen-bond donors (Lipinski definition) is 0. The van der Waals surface area contributed by atoms with Gasteiger partial charge in [0.25, 0.3) is 0 Å². The summed E-state index contributed by atoms with van der Waals surface area (Å²) in [6, 6.07) is 0. The second kappa shape index (κ2) is 6.82. The summed E-state index contributed by atoms with van der Waals surface area (Å²) in [5, 5.41) is 0. The zero-order chi connectivity index (χ0) is 12.9. The molecule has 100 valence electrons. The predicted molar refractivity (Wildman–Crippen MR) is 78.1 cm³/mol. The minimum atomic E-state index is 0.0374. The molecule has 0 aromatic heterocycles.